The van der Waals surface area contributed by atoms with Gasteiger partial charge in [-0.3, -0.25) is 4.79 Å². The molecule has 3 aromatic rings. The van der Waals surface area contributed by atoms with Crippen molar-refractivity contribution in [2.45, 2.75) is 6.42 Å². The van der Waals surface area contributed by atoms with Gasteiger partial charge in [0.2, 0.25) is 0 Å². The lowest BCUT2D eigenvalue weighted by Crippen LogP contribution is -2.28. The van der Waals surface area contributed by atoms with Gasteiger partial charge < -0.3 is 9.64 Å². The molecule has 7 heteroatoms. The van der Waals surface area contributed by atoms with Crippen LogP contribution >= 0.6 is 22.9 Å². The van der Waals surface area contributed by atoms with Crippen LogP contribution in [0.25, 0.3) is 10.6 Å². The van der Waals surface area contributed by atoms with Gasteiger partial charge in [0.15, 0.2) is 0 Å². The van der Waals surface area contributed by atoms with Crippen LogP contribution < -0.4 is 4.90 Å². The average Bonchev–Trinajstić information content (AvgIpc) is 3.34. The quantitative estimate of drug-likeness (QED) is 0.611. The minimum Gasteiger partial charge on any atom is -0.465 e. The zero-order valence-corrected chi connectivity index (χ0v) is 16.0. The van der Waals surface area contributed by atoms with Crippen molar-refractivity contribution in [3.63, 3.8) is 0 Å². The van der Waals surface area contributed by atoms with Gasteiger partial charge in [-0.25, -0.2) is 9.78 Å². The van der Waals surface area contributed by atoms with E-state index in [-0.39, 0.29) is 11.9 Å². The minimum absolute atomic E-state index is 0.102. The number of amides is 1. The van der Waals surface area contributed by atoms with Crippen molar-refractivity contribution in [1.29, 1.82) is 0 Å². The molecule has 0 bridgehead atoms. The van der Waals surface area contributed by atoms with E-state index in [4.69, 9.17) is 16.3 Å². The number of rotatable bonds is 3. The van der Waals surface area contributed by atoms with Crippen molar-refractivity contribution in [3.8, 4) is 10.6 Å². The Morgan fingerprint density at radius 2 is 2.04 bits per heavy atom. The fraction of sp³-hybridized carbons (Fsp3) is 0.150. The van der Waals surface area contributed by atoms with Crippen LogP contribution in [-0.4, -0.2) is 30.5 Å². The number of aromatic nitrogens is 1. The Labute approximate surface area is 165 Å². The Balaban J connectivity index is 1.61. The second-order valence-corrected chi connectivity index (χ2v) is 7.49. The SMILES string of the molecule is COC(=O)c1ccc2c(c1)CCN2C(=O)c1cnc(-c2ccccc2Cl)s1. The third-order valence-corrected chi connectivity index (χ3v) is 5.81. The number of hydrogen-bond donors (Lipinski definition) is 0. The molecule has 27 heavy (non-hydrogen) atoms. The van der Waals surface area contributed by atoms with Crippen molar-refractivity contribution < 1.29 is 14.3 Å². The van der Waals surface area contributed by atoms with Gasteiger partial charge in [0.25, 0.3) is 5.91 Å². The molecule has 0 radical (unpaired) electrons. The lowest BCUT2D eigenvalue weighted by molar-refractivity contribution is 0.0600. The van der Waals surface area contributed by atoms with E-state index in [0.29, 0.717) is 33.4 Å². The first-order chi connectivity index (χ1) is 13.1. The standard InChI is InChI=1S/C20H15ClN2O3S/c1-26-20(25)13-6-7-16-12(10-13)8-9-23(16)19(24)17-11-22-18(27-17)14-4-2-3-5-15(14)21/h2-7,10-11H,8-9H2,1H3. The smallest absolute Gasteiger partial charge is 0.337 e. The molecule has 0 saturated carbocycles. The molecule has 0 spiro atoms. The number of benzene rings is 2. The number of ether oxygens (including phenoxy) is 1. The molecule has 4 rings (SSSR count). The molecule has 0 N–H and O–H groups in total. The summed E-state index contributed by atoms with van der Waals surface area (Å²) in [5.74, 6) is -0.482. The maximum atomic E-state index is 13.0. The third kappa shape index (κ3) is 3.22. The third-order valence-electron chi connectivity index (χ3n) is 4.46. The summed E-state index contributed by atoms with van der Waals surface area (Å²) in [6.07, 6.45) is 2.29. The van der Waals surface area contributed by atoms with Crippen LogP contribution in [0.2, 0.25) is 5.02 Å². The lowest BCUT2D eigenvalue weighted by Gasteiger charge is -2.16. The summed E-state index contributed by atoms with van der Waals surface area (Å²) in [5, 5.41) is 1.32. The molecule has 0 saturated heterocycles. The molecule has 0 unspecified atom stereocenters. The number of halogens is 1. The average molecular weight is 399 g/mol. The first-order valence-electron chi connectivity index (χ1n) is 8.32. The van der Waals surface area contributed by atoms with Gasteiger partial charge in [0, 0.05) is 17.8 Å². The summed E-state index contributed by atoms with van der Waals surface area (Å²) < 4.78 is 4.76. The summed E-state index contributed by atoms with van der Waals surface area (Å²) in [6.45, 7) is 0.568. The van der Waals surface area contributed by atoms with Crippen LogP contribution in [0.3, 0.4) is 0 Å². The fourth-order valence-corrected chi connectivity index (χ4v) is 4.31. The molecule has 1 aliphatic rings. The number of nitrogens with zero attached hydrogens (tertiary/aromatic N) is 2. The van der Waals surface area contributed by atoms with Crippen molar-refractivity contribution in [2.75, 3.05) is 18.6 Å². The molecular formula is C20H15ClN2O3S. The molecule has 1 amide bonds. The second-order valence-electron chi connectivity index (χ2n) is 6.05. The van der Waals surface area contributed by atoms with Crippen LogP contribution in [0.4, 0.5) is 5.69 Å². The maximum absolute atomic E-state index is 13.0. The molecule has 0 atom stereocenters. The highest BCUT2D eigenvalue weighted by Crippen LogP contribution is 2.34. The van der Waals surface area contributed by atoms with E-state index in [0.717, 1.165) is 16.8 Å². The zero-order chi connectivity index (χ0) is 19.0. The predicted molar refractivity (Wildman–Crippen MR) is 106 cm³/mol. The van der Waals surface area contributed by atoms with Crippen molar-refractivity contribution in [3.05, 3.63) is 69.7 Å². The summed E-state index contributed by atoms with van der Waals surface area (Å²) in [5.41, 5.74) is 3.08. The summed E-state index contributed by atoms with van der Waals surface area (Å²) in [4.78, 5) is 31.3. The van der Waals surface area contributed by atoms with E-state index in [9.17, 15) is 9.59 Å². The van der Waals surface area contributed by atoms with E-state index in [2.05, 4.69) is 4.98 Å². The molecule has 136 valence electrons. The Bertz CT molecular complexity index is 1050. The van der Waals surface area contributed by atoms with E-state index in [1.54, 1.807) is 35.4 Å². The number of thiazole rings is 1. The topological polar surface area (TPSA) is 59.5 Å². The highest BCUT2D eigenvalue weighted by molar-refractivity contribution is 7.17. The second kappa shape index (κ2) is 7.13. The molecule has 1 aliphatic heterocycles. The number of carbonyl (C=O) groups excluding carboxylic acids is 2. The number of hydrogen-bond acceptors (Lipinski definition) is 5. The van der Waals surface area contributed by atoms with Crippen LogP contribution in [-0.2, 0) is 11.2 Å². The maximum Gasteiger partial charge on any atom is 0.337 e. The van der Waals surface area contributed by atoms with E-state index in [1.165, 1.54) is 18.4 Å². The Morgan fingerprint density at radius 1 is 1.22 bits per heavy atom. The van der Waals surface area contributed by atoms with Gasteiger partial charge in [0.05, 0.1) is 23.9 Å². The Hall–Kier alpha value is -2.70. The largest absolute Gasteiger partial charge is 0.465 e. The molecular weight excluding hydrogens is 384 g/mol. The fourth-order valence-electron chi connectivity index (χ4n) is 3.12. The number of fused-ring (bicyclic) bond motifs is 1. The summed E-state index contributed by atoms with van der Waals surface area (Å²) >= 11 is 7.55. The van der Waals surface area contributed by atoms with E-state index in [1.807, 2.05) is 18.2 Å². The minimum atomic E-state index is -0.380. The van der Waals surface area contributed by atoms with Crippen LogP contribution in [0, 0.1) is 0 Å². The van der Waals surface area contributed by atoms with Gasteiger partial charge in [-0.1, -0.05) is 29.8 Å². The molecule has 2 aromatic carbocycles. The van der Waals surface area contributed by atoms with Crippen molar-refractivity contribution in [1.82, 2.24) is 4.98 Å². The lowest BCUT2D eigenvalue weighted by atomic mass is 10.1. The molecule has 2 heterocycles. The van der Waals surface area contributed by atoms with Crippen LogP contribution in [0.15, 0.2) is 48.7 Å². The highest BCUT2D eigenvalue weighted by atomic mass is 35.5. The number of esters is 1. The van der Waals surface area contributed by atoms with Crippen molar-refractivity contribution in [2.24, 2.45) is 0 Å². The monoisotopic (exact) mass is 398 g/mol. The highest BCUT2D eigenvalue weighted by Gasteiger charge is 2.28. The first kappa shape index (κ1) is 17.7. The van der Waals surface area contributed by atoms with Gasteiger partial charge >= 0.3 is 5.97 Å². The molecule has 5 nitrogen and oxygen atoms in total. The van der Waals surface area contributed by atoms with Gasteiger partial charge in [-0.15, -0.1) is 11.3 Å². The molecule has 0 fully saturated rings. The summed E-state index contributed by atoms with van der Waals surface area (Å²) in [7, 11) is 1.35. The number of methoxy groups -OCH3 is 1. The van der Waals surface area contributed by atoms with Gasteiger partial charge in [0.1, 0.15) is 9.88 Å². The van der Waals surface area contributed by atoms with Crippen LogP contribution in [0.1, 0.15) is 25.6 Å². The Kier molecular flexibility index (Phi) is 4.68. The molecule has 1 aromatic heterocycles. The number of carbonyl (C=O) groups is 2. The zero-order valence-electron chi connectivity index (χ0n) is 14.4. The van der Waals surface area contributed by atoms with Gasteiger partial charge in [-0.05, 0) is 36.2 Å². The Morgan fingerprint density at radius 3 is 2.81 bits per heavy atom. The predicted octanol–water partition coefficient (Wildman–Crippen LogP) is 4.45. The number of anilines is 1. The van der Waals surface area contributed by atoms with Crippen LogP contribution in [0.5, 0.6) is 0 Å². The normalized spacial score (nSPS) is 12.7. The van der Waals surface area contributed by atoms with E-state index < -0.39 is 0 Å². The van der Waals surface area contributed by atoms with Crippen molar-refractivity contribution >= 4 is 40.5 Å². The first-order valence-corrected chi connectivity index (χ1v) is 9.52. The summed E-state index contributed by atoms with van der Waals surface area (Å²) in [6, 6.07) is 12.7. The van der Waals surface area contributed by atoms with E-state index >= 15 is 0 Å². The van der Waals surface area contributed by atoms with Gasteiger partial charge in [-0.2, -0.15) is 0 Å². The molecule has 0 aliphatic carbocycles.